The molecule has 0 bridgehead atoms. The van der Waals surface area contributed by atoms with Crippen LogP contribution >= 0.6 is 15.9 Å². The predicted molar refractivity (Wildman–Crippen MR) is 92.2 cm³/mol. The second-order valence-corrected chi connectivity index (χ2v) is 5.77. The zero-order chi connectivity index (χ0) is 15.4. The fourth-order valence-electron chi connectivity index (χ4n) is 2.15. The van der Waals surface area contributed by atoms with Gasteiger partial charge in [0.1, 0.15) is 5.75 Å². The molecule has 4 heteroatoms. The van der Waals surface area contributed by atoms with Gasteiger partial charge in [-0.15, -0.1) is 0 Å². The number of benzene rings is 3. The second kappa shape index (κ2) is 6.62. The molecule has 0 unspecified atom stereocenters. The van der Waals surface area contributed by atoms with Crippen LogP contribution in [-0.4, -0.2) is 12.5 Å². The molecule has 0 saturated heterocycles. The highest BCUT2D eigenvalue weighted by atomic mass is 79.9. The number of anilines is 1. The maximum atomic E-state index is 11.9. The molecule has 1 amide bonds. The molecule has 1 N–H and O–H groups in total. The Hall–Kier alpha value is -2.33. The molecule has 0 aliphatic heterocycles. The first-order valence-electron chi connectivity index (χ1n) is 6.88. The van der Waals surface area contributed by atoms with Gasteiger partial charge in [0.15, 0.2) is 6.61 Å². The van der Waals surface area contributed by atoms with E-state index in [1.54, 1.807) is 0 Å². The first kappa shape index (κ1) is 14.6. The predicted octanol–water partition coefficient (Wildman–Crippen LogP) is 4.62. The van der Waals surface area contributed by atoms with Crippen molar-refractivity contribution in [1.29, 1.82) is 0 Å². The molecule has 3 aromatic carbocycles. The van der Waals surface area contributed by atoms with E-state index in [1.807, 2.05) is 66.7 Å². The van der Waals surface area contributed by atoms with Crippen molar-refractivity contribution in [1.82, 2.24) is 0 Å². The number of hydrogen-bond donors (Lipinski definition) is 1. The van der Waals surface area contributed by atoms with Crippen LogP contribution < -0.4 is 10.1 Å². The lowest BCUT2D eigenvalue weighted by molar-refractivity contribution is -0.118. The van der Waals surface area contributed by atoms with Crippen molar-refractivity contribution in [3.63, 3.8) is 0 Å². The third kappa shape index (κ3) is 3.65. The van der Waals surface area contributed by atoms with Gasteiger partial charge in [0, 0.05) is 10.2 Å². The molecule has 3 rings (SSSR count). The van der Waals surface area contributed by atoms with E-state index in [9.17, 15) is 4.79 Å². The molecule has 0 aromatic heterocycles. The summed E-state index contributed by atoms with van der Waals surface area (Å²) in [6, 6.07) is 21.1. The summed E-state index contributed by atoms with van der Waals surface area (Å²) in [5.41, 5.74) is 0.763. The fraction of sp³-hybridized carbons (Fsp3) is 0.0556. The summed E-state index contributed by atoms with van der Waals surface area (Å²) in [4.78, 5) is 11.9. The standard InChI is InChI=1S/C18H14BrNO2/c19-15-8-6-13-7-9-17(11-14(13)10-15)22-12-18(21)20-16-4-2-1-3-5-16/h1-11H,12H2,(H,20,21). The SMILES string of the molecule is O=C(COc1ccc2ccc(Br)cc2c1)Nc1ccccc1. The number of halogens is 1. The van der Waals surface area contributed by atoms with Crippen molar-refractivity contribution in [3.8, 4) is 5.75 Å². The zero-order valence-corrected chi connectivity index (χ0v) is 13.3. The quantitative estimate of drug-likeness (QED) is 0.741. The zero-order valence-electron chi connectivity index (χ0n) is 11.8. The highest BCUT2D eigenvalue weighted by Crippen LogP contribution is 2.24. The Morgan fingerprint density at radius 2 is 1.73 bits per heavy atom. The number of hydrogen-bond acceptors (Lipinski definition) is 2. The molecular weight excluding hydrogens is 342 g/mol. The van der Waals surface area contributed by atoms with E-state index in [-0.39, 0.29) is 12.5 Å². The highest BCUT2D eigenvalue weighted by Gasteiger charge is 2.04. The van der Waals surface area contributed by atoms with Gasteiger partial charge >= 0.3 is 0 Å². The average molecular weight is 356 g/mol. The summed E-state index contributed by atoms with van der Waals surface area (Å²) in [5, 5.41) is 4.98. The average Bonchev–Trinajstić information content (AvgIpc) is 2.53. The van der Waals surface area contributed by atoms with E-state index in [1.165, 1.54) is 0 Å². The maximum Gasteiger partial charge on any atom is 0.262 e. The van der Waals surface area contributed by atoms with E-state index in [2.05, 4.69) is 21.2 Å². The van der Waals surface area contributed by atoms with Crippen molar-refractivity contribution in [3.05, 3.63) is 71.2 Å². The third-order valence-corrected chi connectivity index (χ3v) is 3.69. The number of nitrogens with one attached hydrogen (secondary N) is 1. The molecule has 3 nitrogen and oxygen atoms in total. The van der Waals surface area contributed by atoms with Gasteiger partial charge in [-0.25, -0.2) is 0 Å². The Morgan fingerprint density at radius 3 is 2.55 bits per heavy atom. The smallest absolute Gasteiger partial charge is 0.262 e. The Kier molecular flexibility index (Phi) is 4.39. The normalized spacial score (nSPS) is 10.4. The van der Waals surface area contributed by atoms with Crippen LogP contribution in [0.4, 0.5) is 5.69 Å². The molecule has 0 heterocycles. The molecule has 0 fully saturated rings. The van der Waals surface area contributed by atoms with Crippen LogP contribution in [0, 0.1) is 0 Å². The van der Waals surface area contributed by atoms with Crippen molar-refractivity contribution in [2.24, 2.45) is 0 Å². The summed E-state index contributed by atoms with van der Waals surface area (Å²) < 4.78 is 6.57. The van der Waals surface area contributed by atoms with Gasteiger partial charge in [0.25, 0.3) is 5.91 Å². The lowest BCUT2D eigenvalue weighted by Gasteiger charge is -2.08. The minimum absolute atomic E-state index is 0.0194. The first-order chi connectivity index (χ1) is 10.7. The van der Waals surface area contributed by atoms with Crippen LogP contribution in [0.3, 0.4) is 0 Å². The maximum absolute atomic E-state index is 11.9. The molecule has 110 valence electrons. The largest absolute Gasteiger partial charge is 0.484 e. The van der Waals surface area contributed by atoms with Crippen LogP contribution in [0.5, 0.6) is 5.75 Å². The number of carbonyl (C=O) groups is 1. The summed E-state index contributed by atoms with van der Waals surface area (Å²) in [6.07, 6.45) is 0. The number of carbonyl (C=O) groups excluding carboxylic acids is 1. The van der Waals surface area contributed by atoms with Gasteiger partial charge in [-0.2, -0.15) is 0 Å². The highest BCUT2D eigenvalue weighted by molar-refractivity contribution is 9.10. The molecule has 0 atom stereocenters. The molecule has 0 aliphatic carbocycles. The first-order valence-corrected chi connectivity index (χ1v) is 7.67. The molecule has 0 radical (unpaired) electrons. The minimum atomic E-state index is -0.180. The molecule has 0 spiro atoms. The summed E-state index contributed by atoms with van der Waals surface area (Å²) in [5.74, 6) is 0.495. The Morgan fingerprint density at radius 1 is 0.955 bits per heavy atom. The topological polar surface area (TPSA) is 38.3 Å². The van der Waals surface area contributed by atoms with Gasteiger partial charge in [-0.3, -0.25) is 4.79 Å². The number of ether oxygens (including phenoxy) is 1. The van der Waals surface area contributed by atoms with Gasteiger partial charge in [-0.1, -0.05) is 46.3 Å². The van der Waals surface area contributed by atoms with Gasteiger partial charge < -0.3 is 10.1 Å². The van der Waals surface area contributed by atoms with Gasteiger partial charge in [-0.05, 0) is 47.2 Å². The Labute approximate surface area is 137 Å². The van der Waals surface area contributed by atoms with Gasteiger partial charge in [0.2, 0.25) is 0 Å². The van der Waals surface area contributed by atoms with E-state index in [4.69, 9.17) is 4.74 Å². The van der Waals surface area contributed by atoms with Crippen LogP contribution in [0.25, 0.3) is 10.8 Å². The van der Waals surface area contributed by atoms with Gasteiger partial charge in [0.05, 0.1) is 0 Å². The molecular formula is C18H14BrNO2. The van der Waals surface area contributed by atoms with Crippen LogP contribution in [0.2, 0.25) is 0 Å². The van der Waals surface area contributed by atoms with Crippen LogP contribution in [0.1, 0.15) is 0 Å². The van der Waals surface area contributed by atoms with Crippen LogP contribution in [0.15, 0.2) is 71.2 Å². The third-order valence-electron chi connectivity index (χ3n) is 3.20. The Balaban J connectivity index is 1.64. The second-order valence-electron chi connectivity index (χ2n) is 4.86. The molecule has 22 heavy (non-hydrogen) atoms. The Bertz CT molecular complexity index is 803. The van der Waals surface area contributed by atoms with Crippen molar-refractivity contribution in [2.75, 3.05) is 11.9 Å². The molecule has 0 saturated carbocycles. The molecule has 3 aromatic rings. The number of para-hydroxylation sites is 1. The summed E-state index contributed by atoms with van der Waals surface area (Å²) in [6.45, 7) is -0.0194. The fourth-order valence-corrected chi connectivity index (χ4v) is 2.53. The summed E-state index contributed by atoms with van der Waals surface area (Å²) >= 11 is 3.45. The van der Waals surface area contributed by atoms with E-state index >= 15 is 0 Å². The van der Waals surface area contributed by atoms with E-state index < -0.39 is 0 Å². The van der Waals surface area contributed by atoms with E-state index in [0.717, 1.165) is 20.9 Å². The van der Waals surface area contributed by atoms with E-state index in [0.29, 0.717) is 5.75 Å². The lowest BCUT2D eigenvalue weighted by atomic mass is 10.1. The number of rotatable bonds is 4. The van der Waals surface area contributed by atoms with Crippen molar-refractivity contribution < 1.29 is 9.53 Å². The number of amides is 1. The minimum Gasteiger partial charge on any atom is -0.484 e. The van der Waals surface area contributed by atoms with Crippen molar-refractivity contribution in [2.45, 2.75) is 0 Å². The number of fused-ring (bicyclic) bond motifs is 1. The molecule has 0 aliphatic rings. The van der Waals surface area contributed by atoms with Crippen LogP contribution in [-0.2, 0) is 4.79 Å². The lowest BCUT2D eigenvalue weighted by Crippen LogP contribution is -2.20. The summed E-state index contributed by atoms with van der Waals surface area (Å²) in [7, 11) is 0. The monoisotopic (exact) mass is 355 g/mol. The van der Waals surface area contributed by atoms with Crippen molar-refractivity contribution >= 4 is 38.3 Å².